The van der Waals surface area contributed by atoms with Crippen molar-refractivity contribution in [1.29, 1.82) is 0 Å². The van der Waals surface area contributed by atoms with E-state index in [-0.39, 0.29) is 11.7 Å². The number of fused-ring (bicyclic) bond motifs is 1. The van der Waals surface area contributed by atoms with Gasteiger partial charge in [-0.3, -0.25) is 4.90 Å². The molecule has 4 rings (SSSR count). The summed E-state index contributed by atoms with van der Waals surface area (Å²) in [4.78, 5) is 11.0. The van der Waals surface area contributed by atoms with Crippen LogP contribution in [0.15, 0.2) is 36.5 Å². The largest absolute Gasteiger partial charge is 0.385 e. The van der Waals surface area contributed by atoms with Crippen molar-refractivity contribution in [2.45, 2.75) is 38.3 Å². The second-order valence-electron chi connectivity index (χ2n) is 7.48. The summed E-state index contributed by atoms with van der Waals surface area (Å²) >= 11 is 0. The van der Waals surface area contributed by atoms with E-state index in [1.165, 1.54) is 12.1 Å². The summed E-state index contributed by atoms with van der Waals surface area (Å²) in [6.45, 7) is 4.46. The lowest BCUT2D eigenvalue weighted by Gasteiger charge is -2.41. The van der Waals surface area contributed by atoms with E-state index < -0.39 is 5.60 Å². The van der Waals surface area contributed by atoms with Crippen LogP contribution in [-0.2, 0) is 12.1 Å². The average Bonchev–Trinajstić information content (AvgIpc) is 2.99. The quantitative estimate of drug-likeness (QED) is 0.932. The van der Waals surface area contributed by atoms with Gasteiger partial charge in [0.15, 0.2) is 0 Å². The third-order valence-corrected chi connectivity index (χ3v) is 5.81. The molecule has 0 amide bonds. The van der Waals surface area contributed by atoms with Crippen molar-refractivity contribution in [2.24, 2.45) is 11.8 Å². The smallest absolute Gasteiger partial charge is 0.125 e. The van der Waals surface area contributed by atoms with Gasteiger partial charge in [-0.2, -0.15) is 0 Å². The van der Waals surface area contributed by atoms with Crippen LogP contribution in [0.3, 0.4) is 0 Å². The monoisotopic (exact) mass is 341 g/mol. The molecule has 1 saturated heterocycles. The molecule has 0 radical (unpaired) electrons. The first-order valence-corrected chi connectivity index (χ1v) is 9.04. The topological polar surface area (TPSA) is 49.2 Å². The summed E-state index contributed by atoms with van der Waals surface area (Å²) in [5, 5.41) is 11.4. The zero-order valence-electron chi connectivity index (χ0n) is 14.5. The Bertz CT molecular complexity index is 768. The Morgan fingerprint density at radius 1 is 1.32 bits per heavy atom. The van der Waals surface area contributed by atoms with Crippen molar-refractivity contribution in [2.75, 3.05) is 13.1 Å². The number of aromatic nitrogens is 2. The zero-order valence-corrected chi connectivity index (χ0v) is 14.5. The molecular formula is C20H24FN3O. The predicted molar refractivity (Wildman–Crippen MR) is 93.2 cm³/mol. The van der Waals surface area contributed by atoms with E-state index in [2.05, 4.69) is 14.9 Å². The molecule has 5 heteroatoms. The Morgan fingerprint density at radius 2 is 2.20 bits per heavy atom. The van der Waals surface area contributed by atoms with Gasteiger partial charge in [-0.05, 0) is 55.9 Å². The van der Waals surface area contributed by atoms with Gasteiger partial charge in [-0.15, -0.1) is 0 Å². The molecule has 1 saturated carbocycles. The maximum Gasteiger partial charge on any atom is 0.125 e. The van der Waals surface area contributed by atoms with Gasteiger partial charge in [-0.25, -0.2) is 14.4 Å². The molecule has 3 unspecified atom stereocenters. The molecule has 1 aliphatic heterocycles. The molecule has 4 nitrogen and oxygen atoms in total. The van der Waals surface area contributed by atoms with Crippen molar-refractivity contribution in [3.05, 3.63) is 59.4 Å². The summed E-state index contributed by atoms with van der Waals surface area (Å²) in [6, 6.07) is 8.45. The number of benzene rings is 1. The SMILES string of the molecule is Cc1nccc(CN2CC3CCCC(O)(c4cccc(F)c4)C3C2)n1. The predicted octanol–water partition coefficient (Wildman–Crippen LogP) is 3.04. The third-order valence-electron chi connectivity index (χ3n) is 5.81. The van der Waals surface area contributed by atoms with Crippen LogP contribution in [0.4, 0.5) is 4.39 Å². The number of likely N-dealkylation sites (tertiary alicyclic amines) is 1. The highest BCUT2D eigenvalue weighted by Gasteiger charge is 2.49. The summed E-state index contributed by atoms with van der Waals surface area (Å²) in [7, 11) is 0. The molecule has 0 spiro atoms. The van der Waals surface area contributed by atoms with Crippen LogP contribution in [0.25, 0.3) is 0 Å². The van der Waals surface area contributed by atoms with Gasteiger partial charge in [0.05, 0.1) is 11.3 Å². The first kappa shape index (κ1) is 16.6. The van der Waals surface area contributed by atoms with Gasteiger partial charge in [0.2, 0.25) is 0 Å². The average molecular weight is 341 g/mol. The van der Waals surface area contributed by atoms with E-state index in [1.54, 1.807) is 12.3 Å². The number of nitrogens with zero attached hydrogens (tertiary/aromatic N) is 3. The molecule has 132 valence electrons. The Kier molecular flexibility index (Phi) is 4.29. The molecule has 1 aromatic heterocycles. The maximum atomic E-state index is 13.7. The van der Waals surface area contributed by atoms with Crippen molar-refractivity contribution in [1.82, 2.24) is 14.9 Å². The Balaban J connectivity index is 1.56. The van der Waals surface area contributed by atoms with E-state index >= 15 is 0 Å². The van der Waals surface area contributed by atoms with Crippen LogP contribution >= 0.6 is 0 Å². The number of halogens is 1. The van der Waals surface area contributed by atoms with Crippen LogP contribution in [0.2, 0.25) is 0 Å². The van der Waals surface area contributed by atoms with Crippen LogP contribution in [0, 0.1) is 24.6 Å². The zero-order chi connectivity index (χ0) is 17.4. The van der Waals surface area contributed by atoms with E-state index in [1.807, 2.05) is 19.1 Å². The van der Waals surface area contributed by atoms with Gasteiger partial charge in [0.25, 0.3) is 0 Å². The Hall–Kier alpha value is -1.85. The molecule has 1 N–H and O–H groups in total. The first-order valence-electron chi connectivity index (χ1n) is 9.04. The minimum atomic E-state index is -0.929. The van der Waals surface area contributed by atoms with Crippen molar-refractivity contribution < 1.29 is 9.50 Å². The number of rotatable bonds is 3. The second-order valence-corrected chi connectivity index (χ2v) is 7.48. The molecule has 0 bridgehead atoms. The van der Waals surface area contributed by atoms with Gasteiger partial charge in [0.1, 0.15) is 11.6 Å². The van der Waals surface area contributed by atoms with E-state index in [0.717, 1.165) is 49.6 Å². The molecule has 2 heterocycles. The van der Waals surface area contributed by atoms with E-state index in [4.69, 9.17) is 0 Å². The number of hydrogen-bond acceptors (Lipinski definition) is 4. The molecule has 1 aliphatic carbocycles. The summed E-state index contributed by atoms with van der Waals surface area (Å²) in [6.07, 6.45) is 4.61. The molecule has 2 aromatic rings. The lowest BCUT2D eigenvalue weighted by atomic mass is 9.67. The van der Waals surface area contributed by atoms with Crippen LogP contribution in [0.1, 0.15) is 36.3 Å². The van der Waals surface area contributed by atoms with E-state index in [9.17, 15) is 9.50 Å². The number of aryl methyl sites for hydroxylation is 1. The van der Waals surface area contributed by atoms with Crippen LogP contribution in [0.5, 0.6) is 0 Å². The van der Waals surface area contributed by atoms with Gasteiger partial charge >= 0.3 is 0 Å². The lowest BCUT2D eigenvalue weighted by Crippen LogP contribution is -2.42. The summed E-state index contributed by atoms with van der Waals surface area (Å²) in [5.74, 6) is 1.10. The van der Waals surface area contributed by atoms with Gasteiger partial charge < -0.3 is 5.11 Å². The number of hydrogen-bond donors (Lipinski definition) is 1. The maximum absolute atomic E-state index is 13.7. The first-order chi connectivity index (χ1) is 12.0. The Morgan fingerprint density at radius 3 is 3.00 bits per heavy atom. The fourth-order valence-corrected chi connectivity index (χ4v) is 4.68. The molecule has 3 atom stereocenters. The molecule has 1 aromatic carbocycles. The Labute approximate surface area is 147 Å². The molecule has 2 fully saturated rings. The number of aliphatic hydroxyl groups is 1. The van der Waals surface area contributed by atoms with E-state index in [0.29, 0.717) is 12.3 Å². The standard InChI is InChI=1S/C20H24FN3O/c1-14-22-9-7-18(23-14)12-24-11-15-4-3-8-20(25,19(15)13-24)16-5-2-6-17(21)10-16/h2,5-7,9-10,15,19,25H,3-4,8,11-13H2,1H3. The van der Waals surface area contributed by atoms with Gasteiger partial charge in [0, 0.05) is 31.7 Å². The molecule has 25 heavy (non-hydrogen) atoms. The lowest BCUT2D eigenvalue weighted by molar-refractivity contribution is -0.0650. The van der Waals surface area contributed by atoms with Crippen molar-refractivity contribution in [3.63, 3.8) is 0 Å². The molecular weight excluding hydrogens is 317 g/mol. The van der Waals surface area contributed by atoms with Gasteiger partial charge in [-0.1, -0.05) is 12.1 Å². The summed E-state index contributed by atoms with van der Waals surface area (Å²) < 4.78 is 13.7. The summed E-state index contributed by atoms with van der Waals surface area (Å²) in [5.41, 5.74) is 0.809. The van der Waals surface area contributed by atoms with Crippen LogP contribution < -0.4 is 0 Å². The van der Waals surface area contributed by atoms with Crippen molar-refractivity contribution >= 4 is 0 Å². The highest BCUT2D eigenvalue weighted by Crippen LogP contribution is 2.48. The third kappa shape index (κ3) is 3.18. The highest BCUT2D eigenvalue weighted by molar-refractivity contribution is 5.26. The second kappa shape index (κ2) is 6.46. The van der Waals surface area contributed by atoms with Crippen LogP contribution in [-0.4, -0.2) is 33.1 Å². The molecule has 2 aliphatic rings. The highest BCUT2D eigenvalue weighted by atomic mass is 19.1. The normalized spacial score (nSPS) is 29.6. The fraction of sp³-hybridized carbons (Fsp3) is 0.500. The van der Waals surface area contributed by atoms with Crippen molar-refractivity contribution in [3.8, 4) is 0 Å². The minimum absolute atomic E-state index is 0.144. The minimum Gasteiger partial charge on any atom is -0.385 e. The fourth-order valence-electron chi connectivity index (χ4n) is 4.68.